The molecule has 5 N–H and O–H groups in total. The van der Waals surface area contributed by atoms with E-state index in [2.05, 4.69) is 36.7 Å². The van der Waals surface area contributed by atoms with Gasteiger partial charge in [-0.3, -0.25) is 0 Å². The zero-order valence-corrected chi connectivity index (χ0v) is 14.8. The zero-order valence-electron chi connectivity index (χ0n) is 12.6. The Kier molecular flexibility index (Phi) is 7.45. The van der Waals surface area contributed by atoms with Crippen LogP contribution in [-0.2, 0) is 0 Å². The number of alkyl halides is 4. The van der Waals surface area contributed by atoms with Crippen molar-refractivity contribution in [3.8, 4) is 0 Å². The predicted octanol–water partition coefficient (Wildman–Crippen LogP) is 1.74. The van der Waals surface area contributed by atoms with Gasteiger partial charge < -0.3 is 0 Å². The summed E-state index contributed by atoms with van der Waals surface area (Å²) in [7, 11) is 0. The summed E-state index contributed by atoms with van der Waals surface area (Å²) in [5.74, 6) is 0. The fraction of sp³-hybridized carbons (Fsp3) is 1.00. The minimum absolute atomic E-state index is 0.123. The molecule has 4 nitrogen and oxygen atoms in total. The van der Waals surface area contributed by atoms with Gasteiger partial charge in [0.25, 0.3) is 0 Å². The van der Waals surface area contributed by atoms with Crippen LogP contribution < -0.4 is 21.7 Å². The molecule has 0 amide bonds. The quantitative estimate of drug-likeness (QED) is 0.221. The van der Waals surface area contributed by atoms with E-state index in [4.69, 9.17) is 5.73 Å². The summed E-state index contributed by atoms with van der Waals surface area (Å²) in [6.45, 7) is 9.58. The molecule has 0 bridgehead atoms. The summed E-state index contributed by atoms with van der Waals surface area (Å²) in [6, 6.07) is 0. The first kappa shape index (κ1) is 17.6. The molecule has 0 aliphatic carbocycles. The first-order valence-electron chi connectivity index (χ1n) is 7.12. The van der Waals surface area contributed by atoms with Crippen molar-refractivity contribution >= 4 is 19.8 Å². The van der Waals surface area contributed by atoms with Crippen molar-refractivity contribution in [1.82, 2.24) is 16.0 Å². The molecule has 116 valence electrons. The molecule has 0 aromatic heterocycles. The van der Waals surface area contributed by atoms with Crippen LogP contribution in [0.1, 0.15) is 40.5 Å². The first-order chi connectivity index (χ1) is 8.88. The van der Waals surface area contributed by atoms with Gasteiger partial charge in [0, 0.05) is 0 Å². The van der Waals surface area contributed by atoms with E-state index in [-0.39, 0.29) is 9.59 Å². The average Bonchev–Trinajstić information content (AvgIpc) is 2.74. The fourth-order valence-corrected chi connectivity index (χ4v) is 10.1. The van der Waals surface area contributed by atoms with E-state index >= 15 is 0 Å². The predicted molar refractivity (Wildman–Crippen MR) is 89.3 cm³/mol. The molecule has 1 saturated heterocycles. The van der Waals surface area contributed by atoms with Crippen LogP contribution in [0.25, 0.3) is 0 Å². The van der Waals surface area contributed by atoms with Crippen LogP contribution in [0.5, 0.6) is 0 Å². The van der Waals surface area contributed by atoms with Crippen LogP contribution in [0.2, 0.25) is 0 Å². The SMILES string of the molecule is CCNC(F)NCNC(C)(C)C(N)I1CCC[C@@H]1C. The van der Waals surface area contributed by atoms with E-state index in [0.29, 0.717) is 13.2 Å². The Morgan fingerprint density at radius 1 is 1.42 bits per heavy atom. The summed E-state index contributed by atoms with van der Waals surface area (Å²) < 4.78 is 15.7. The van der Waals surface area contributed by atoms with Crippen LogP contribution in [0, 0.1) is 0 Å². The van der Waals surface area contributed by atoms with Crippen molar-refractivity contribution in [2.24, 2.45) is 5.73 Å². The molecule has 0 aromatic rings. The summed E-state index contributed by atoms with van der Waals surface area (Å²) in [6.07, 6.45) is 1.54. The molecule has 1 fully saturated rings. The number of nitrogens with one attached hydrogen (secondary N) is 3. The average molecular weight is 388 g/mol. The van der Waals surface area contributed by atoms with Crippen molar-refractivity contribution < 1.29 is 4.39 Å². The van der Waals surface area contributed by atoms with E-state index in [0.717, 1.165) is 3.92 Å². The number of halogens is 2. The van der Waals surface area contributed by atoms with Gasteiger partial charge in [-0.25, -0.2) is 0 Å². The summed E-state index contributed by atoms with van der Waals surface area (Å²) in [5.41, 5.74) is 6.37. The first-order valence-corrected chi connectivity index (χ1v) is 11.1. The molecular formula is C13H30FIN4. The van der Waals surface area contributed by atoms with Crippen LogP contribution in [0.15, 0.2) is 0 Å². The van der Waals surface area contributed by atoms with Gasteiger partial charge in [-0.2, -0.15) is 0 Å². The summed E-state index contributed by atoms with van der Waals surface area (Å²) in [5, 5.41) is 8.82. The van der Waals surface area contributed by atoms with E-state index in [1.54, 1.807) is 0 Å². The van der Waals surface area contributed by atoms with Crippen LogP contribution in [0.3, 0.4) is 0 Å². The van der Waals surface area contributed by atoms with E-state index in [1.807, 2.05) is 6.92 Å². The molecule has 3 atom stereocenters. The van der Waals surface area contributed by atoms with Gasteiger partial charge in [-0.15, -0.1) is 0 Å². The fourth-order valence-electron chi connectivity index (χ4n) is 2.26. The monoisotopic (exact) mass is 388 g/mol. The maximum atomic E-state index is 13.3. The minimum atomic E-state index is -1.16. The molecule has 6 heteroatoms. The third kappa shape index (κ3) is 5.41. The second-order valence-electron chi connectivity index (χ2n) is 5.65. The Morgan fingerprint density at radius 3 is 2.63 bits per heavy atom. The number of nitrogens with two attached hydrogens (primary N) is 1. The Bertz CT molecular complexity index is 265. The molecule has 1 heterocycles. The molecule has 0 radical (unpaired) electrons. The molecule has 1 rings (SSSR count). The maximum absolute atomic E-state index is 13.3. The van der Waals surface area contributed by atoms with Crippen molar-refractivity contribution in [2.45, 2.75) is 60.5 Å². The zero-order chi connectivity index (χ0) is 14.5. The Hall–Kier alpha value is 0.500. The van der Waals surface area contributed by atoms with Gasteiger partial charge in [-0.05, 0) is 0 Å². The molecule has 1 aliphatic rings. The molecule has 2 unspecified atom stereocenters. The van der Waals surface area contributed by atoms with Gasteiger partial charge in [0.1, 0.15) is 0 Å². The van der Waals surface area contributed by atoms with E-state index in [1.165, 1.54) is 17.3 Å². The van der Waals surface area contributed by atoms with Crippen LogP contribution in [0.4, 0.5) is 4.39 Å². The van der Waals surface area contributed by atoms with Gasteiger partial charge in [-0.1, -0.05) is 0 Å². The Balaban J connectivity index is 2.37. The number of rotatable bonds is 8. The number of hydrogen-bond donors (Lipinski definition) is 4. The van der Waals surface area contributed by atoms with Crippen molar-refractivity contribution in [3.63, 3.8) is 0 Å². The number of hydrogen-bond acceptors (Lipinski definition) is 4. The Morgan fingerprint density at radius 2 is 2.11 bits per heavy atom. The summed E-state index contributed by atoms with van der Waals surface area (Å²) >= 11 is -1.08. The topological polar surface area (TPSA) is 62.1 Å². The van der Waals surface area contributed by atoms with Gasteiger partial charge >= 0.3 is 124 Å². The summed E-state index contributed by atoms with van der Waals surface area (Å²) in [4.78, 5) is 0. The second kappa shape index (κ2) is 8.07. The Labute approximate surface area is 124 Å². The molecule has 0 saturated carbocycles. The third-order valence-electron chi connectivity index (χ3n) is 3.63. The second-order valence-corrected chi connectivity index (χ2v) is 12.7. The van der Waals surface area contributed by atoms with E-state index < -0.39 is 26.2 Å². The standard InChI is InChI=1S/C13H30FIN4/c1-5-17-12(14)18-9-19-13(3,4)11(16)15-8-6-7-10(15)2/h10-12,17-19H,5-9,16H2,1-4H3/t10-,11?,12?/m0/s1. The van der Waals surface area contributed by atoms with Crippen molar-refractivity contribution in [2.75, 3.05) is 17.6 Å². The molecular weight excluding hydrogens is 358 g/mol. The van der Waals surface area contributed by atoms with Crippen LogP contribution >= 0.6 is 19.8 Å². The van der Waals surface area contributed by atoms with E-state index in [9.17, 15) is 4.39 Å². The molecule has 1 aliphatic heterocycles. The van der Waals surface area contributed by atoms with Gasteiger partial charge in [0.15, 0.2) is 0 Å². The molecule has 19 heavy (non-hydrogen) atoms. The molecule has 0 aromatic carbocycles. The van der Waals surface area contributed by atoms with Gasteiger partial charge in [0.05, 0.1) is 0 Å². The normalized spacial score (nSPS) is 25.6. The van der Waals surface area contributed by atoms with Crippen LogP contribution in [-0.4, -0.2) is 37.6 Å². The van der Waals surface area contributed by atoms with Crippen molar-refractivity contribution in [3.05, 3.63) is 0 Å². The van der Waals surface area contributed by atoms with Gasteiger partial charge in [0.2, 0.25) is 0 Å². The third-order valence-corrected chi connectivity index (χ3v) is 12.3. The van der Waals surface area contributed by atoms with Crippen molar-refractivity contribution in [1.29, 1.82) is 0 Å². The molecule has 0 spiro atoms.